The topological polar surface area (TPSA) is 24.8 Å². The van der Waals surface area contributed by atoms with Gasteiger partial charge in [-0.05, 0) is 12.1 Å². The number of benzene rings is 1. The van der Waals surface area contributed by atoms with E-state index >= 15 is 0 Å². The number of ether oxygens (including phenoxy) is 1. The number of para-hydroxylation sites is 1. The van der Waals surface area contributed by atoms with E-state index in [9.17, 15) is 0 Å². The molecule has 1 spiro atoms. The van der Waals surface area contributed by atoms with Crippen LogP contribution >= 0.6 is 0 Å². The van der Waals surface area contributed by atoms with Gasteiger partial charge in [0.1, 0.15) is 11.4 Å². The summed E-state index contributed by atoms with van der Waals surface area (Å²) >= 11 is 0. The van der Waals surface area contributed by atoms with Gasteiger partial charge >= 0.3 is 0 Å². The van der Waals surface area contributed by atoms with E-state index in [-0.39, 0.29) is 5.54 Å². The van der Waals surface area contributed by atoms with Crippen LogP contribution in [0, 0.1) is 0 Å². The Kier molecular flexibility index (Phi) is 1.83. The van der Waals surface area contributed by atoms with Gasteiger partial charge in [-0.1, -0.05) is 18.2 Å². The van der Waals surface area contributed by atoms with Crippen LogP contribution in [0.5, 0.6) is 0 Å². The van der Waals surface area contributed by atoms with Crippen molar-refractivity contribution in [2.75, 3.05) is 25.2 Å². The molecule has 3 nitrogen and oxygen atoms in total. The first-order valence-corrected chi connectivity index (χ1v) is 5.29. The maximum Gasteiger partial charge on any atom is 0.145 e. The summed E-state index contributed by atoms with van der Waals surface area (Å²) in [6.07, 6.45) is 1.04. The maximum absolute atomic E-state index is 5.40. The molecule has 3 rings (SSSR count). The normalized spacial score (nSPS) is 27.9. The zero-order chi connectivity index (χ0) is 10.3. The van der Waals surface area contributed by atoms with Crippen LogP contribution in [0.3, 0.4) is 0 Å². The van der Waals surface area contributed by atoms with Crippen molar-refractivity contribution in [1.29, 1.82) is 0 Å². The van der Waals surface area contributed by atoms with E-state index in [0.29, 0.717) is 0 Å². The molecule has 0 amide bonds. The third-order valence-corrected chi connectivity index (χ3v) is 3.15. The van der Waals surface area contributed by atoms with Gasteiger partial charge in [-0.3, -0.25) is 4.99 Å². The third kappa shape index (κ3) is 1.35. The Morgan fingerprint density at radius 2 is 2.13 bits per heavy atom. The van der Waals surface area contributed by atoms with Crippen LogP contribution in [0.2, 0.25) is 0 Å². The SMILES string of the molecule is CN(C1=NC12CCOC2)c1ccccc1. The van der Waals surface area contributed by atoms with Crippen molar-refractivity contribution in [3.8, 4) is 0 Å². The number of nitrogens with zero attached hydrogens (tertiary/aromatic N) is 2. The predicted molar refractivity (Wildman–Crippen MR) is 60.4 cm³/mol. The Hall–Kier alpha value is -1.35. The van der Waals surface area contributed by atoms with Crippen LogP contribution in [0.15, 0.2) is 35.3 Å². The van der Waals surface area contributed by atoms with Gasteiger partial charge in [0.05, 0.1) is 6.61 Å². The fourth-order valence-electron chi connectivity index (χ4n) is 2.15. The molecule has 78 valence electrons. The number of anilines is 1. The average molecular weight is 202 g/mol. The van der Waals surface area contributed by atoms with Crippen molar-refractivity contribution in [2.24, 2.45) is 4.99 Å². The van der Waals surface area contributed by atoms with Crippen molar-refractivity contribution >= 4 is 11.5 Å². The van der Waals surface area contributed by atoms with Gasteiger partial charge in [0.15, 0.2) is 0 Å². The molecule has 0 saturated carbocycles. The molecular formula is C12H14N2O. The van der Waals surface area contributed by atoms with Gasteiger partial charge in [0.25, 0.3) is 0 Å². The Labute approximate surface area is 89.4 Å². The summed E-state index contributed by atoms with van der Waals surface area (Å²) in [6, 6.07) is 10.3. The van der Waals surface area contributed by atoms with E-state index in [2.05, 4.69) is 29.1 Å². The van der Waals surface area contributed by atoms with E-state index < -0.39 is 0 Å². The summed E-state index contributed by atoms with van der Waals surface area (Å²) in [5.41, 5.74) is 1.23. The van der Waals surface area contributed by atoms with Crippen LogP contribution in [-0.4, -0.2) is 31.6 Å². The number of likely N-dealkylation sites (N-methyl/N-ethyl adjacent to an activating group) is 1. The van der Waals surface area contributed by atoms with E-state index in [0.717, 1.165) is 19.6 Å². The molecule has 2 aliphatic rings. The fourth-order valence-corrected chi connectivity index (χ4v) is 2.15. The first-order chi connectivity index (χ1) is 7.32. The van der Waals surface area contributed by atoms with Crippen molar-refractivity contribution in [2.45, 2.75) is 12.0 Å². The molecule has 3 heteroatoms. The zero-order valence-electron chi connectivity index (χ0n) is 8.81. The maximum atomic E-state index is 5.40. The van der Waals surface area contributed by atoms with Crippen molar-refractivity contribution in [3.63, 3.8) is 0 Å². The first kappa shape index (κ1) is 8.92. The Balaban J connectivity index is 1.77. The van der Waals surface area contributed by atoms with Gasteiger partial charge < -0.3 is 9.64 Å². The van der Waals surface area contributed by atoms with Crippen molar-refractivity contribution in [3.05, 3.63) is 30.3 Å². The molecular weight excluding hydrogens is 188 g/mol. The Morgan fingerprint density at radius 3 is 2.80 bits per heavy atom. The quantitative estimate of drug-likeness (QED) is 0.692. The summed E-state index contributed by atoms with van der Waals surface area (Å²) in [5, 5.41) is 0. The summed E-state index contributed by atoms with van der Waals surface area (Å²) < 4.78 is 5.40. The van der Waals surface area contributed by atoms with E-state index in [4.69, 9.17) is 4.74 Å². The largest absolute Gasteiger partial charge is 0.378 e. The highest BCUT2D eigenvalue weighted by atomic mass is 16.5. The van der Waals surface area contributed by atoms with Crippen LogP contribution < -0.4 is 4.90 Å². The van der Waals surface area contributed by atoms with Gasteiger partial charge in [-0.2, -0.15) is 0 Å². The number of aliphatic imine (C=N–C) groups is 1. The molecule has 0 aliphatic carbocycles. The zero-order valence-corrected chi connectivity index (χ0v) is 8.81. The molecule has 0 aromatic heterocycles. The molecule has 1 fully saturated rings. The number of hydrogen-bond acceptors (Lipinski definition) is 3. The van der Waals surface area contributed by atoms with Crippen molar-refractivity contribution < 1.29 is 4.74 Å². The summed E-state index contributed by atoms with van der Waals surface area (Å²) in [5.74, 6) is 1.17. The Morgan fingerprint density at radius 1 is 1.33 bits per heavy atom. The lowest BCUT2D eigenvalue weighted by molar-refractivity contribution is 0.192. The average Bonchev–Trinajstić information content (AvgIpc) is 2.77. The second-order valence-corrected chi connectivity index (χ2v) is 4.16. The second-order valence-electron chi connectivity index (χ2n) is 4.16. The molecule has 1 aromatic rings. The minimum Gasteiger partial charge on any atom is -0.378 e. The van der Waals surface area contributed by atoms with E-state index in [1.807, 2.05) is 18.2 Å². The van der Waals surface area contributed by atoms with Crippen LogP contribution in [0.4, 0.5) is 5.69 Å². The lowest BCUT2D eigenvalue weighted by atomic mass is 10.1. The predicted octanol–water partition coefficient (Wildman–Crippen LogP) is 1.69. The summed E-state index contributed by atoms with van der Waals surface area (Å²) in [6.45, 7) is 1.61. The standard InChI is InChI=1S/C12H14N2O/c1-14(10-5-3-2-4-6-10)11-12(13-11)7-8-15-9-12/h2-6H,7-9H2,1H3. The highest BCUT2D eigenvalue weighted by Crippen LogP contribution is 2.38. The van der Waals surface area contributed by atoms with Crippen LogP contribution in [-0.2, 0) is 4.74 Å². The summed E-state index contributed by atoms with van der Waals surface area (Å²) in [4.78, 5) is 6.74. The molecule has 1 aromatic carbocycles. The Bertz CT molecular complexity index is 393. The number of hydrogen-bond donors (Lipinski definition) is 0. The van der Waals surface area contributed by atoms with Gasteiger partial charge in [-0.15, -0.1) is 0 Å². The van der Waals surface area contributed by atoms with Gasteiger partial charge in [-0.25, -0.2) is 0 Å². The summed E-state index contributed by atoms with van der Waals surface area (Å²) in [7, 11) is 2.07. The van der Waals surface area contributed by atoms with Crippen LogP contribution in [0.1, 0.15) is 6.42 Å². The molecule has 15 heavy (non-hydrogen) atoms. The molecule has 2 aliphatic heterocycles. The second kappa shape index (κ2) is 3.07. The van der Waals surface area contributed by atoms with E-state index in [1.165, 1.54) is 11.5 Å². The molecule has 1 atom stereocenters. The minimum absolute atomic E-state index is 0.0323. The number of rotatable bonds is 1. The lowest BCUT2D eigenvalue weighted by Gasteiger charge is -2.17. The van der Waals surface area contributed by atoms with Gasteiger partial charge in [0, 0.05) is 25.8 Å². The minimum atomic E-state index is 0.0323. The van der Waals surface area contributed by atoms with Crippen molar-refractivity contribution in [1.82, 2.24) is 0 Å². The van der Waals surface area contributed by atoms with Crippen LogP contribution in [0.25, 0.3) is 0 Å². The lowest BCUT2D eigenvalue weighted by Crippen LogP contribution is -2.31. The third-order valence-electron chi connectivity index (χ3n) is 3.15. The highest BCUT2D eigenvalue weighted by molar-refractivity contribution is 6.14. The highest BCUT2D eigenvalue weighted by Gasteiger charge is 2.52. The smallest absolute Gasteiger partial charge is 0.145 e. The molecule has 1 saturated heterocycles. The van der Waals surface area contributed by atoms with E-state index in [1.54, 1.807) is 0 Å². The first-order valence-electron chi connectivity index (χ1n) is 5.29. The molecule has 0 radical (unpaired) electrons. The monoisotopic (exact) mass is 202 g/mol. The van der Waals surface area contributed by atoms with Gasteiger partial charge in [0.2, 0.25) is 0 Å². The molecule has 0 bridgehead atoms. The molecule has 1 unspecified atom stereocenters. The number of amidine groups is 1. The fraction of sp³-hybridized carbons (Fsp3) is 0.417. The molecule has 0 N–H and O–H groups in total. The molecule has 2 heterocycles.